The molecule has 0 spiro atoms. The molecule has 1 fully saturated rings. The maximum absolute atomic E-state index is 5.23. The van der Waals surface area contributed by atoms with Gasteiger partial charge in [0, 0.05) is 0 Å². The fourth-order valence-electron chi connectivity index (χ4n) is 1.05. The molecule has 1 aromatic carbocycles. The highest BCUT2D eigenvalue weighted by atomic mass is 16.6. The molecule has 0 radical (unpaired) electrons. The average molecular weight is 160 g/mol. The van der Waals surface area contributed by atoms with Crippen molar-refractivity contribution in [3.05, 3.63) is 42.0 Å². The summed E-state index contributed by atoms with van der Waals surface area (Å²) in [5.74, 6) is 0. The van der Waals surface area contributed by atoms with Crippen molar-refractivity contribution in [2.75, 3.05) is 6.61 Å². The van der Waals surface area contributed by atoms with Crippen LogP contribution < -0.4 is 0 Å². The van der Waals surface area contributed by atoms with Crippen molar-refractivity contribution in [2.24, 2.45) is 0 Å². The van der Waals surface area contributed by atoms with Gasteiger partial charge in [0.1, 0.15) is 5.60 Å². The van der Waals surface area contributed by atoms with Gasteiger partial charge in [-0.15, -0.1) is 0 Å². The van der Waals surface area contributed by atoms with E-state index in [2.05, 4.69) is 31.2 Å². The van der Waals surface area contributed by atoms with E-state index in [1.54, 1.807) is 0 Å². The van der Waals surface area contributed by atoms with E-state index in [4.69, 9.17) is 4.74 Å². The number of ether oxygens (including phenoxy) is 1. The van der Waals surface area contributed by atoms with Crippen LogP contribution in [0, 0.1) is 0 Å². The fraction of sp³-hybridized carbons (Fsp3) is 0.273. The average Bonchev–Trinajstić information content (AvgIpc) is 2.84. The van der Waals surface area contributed by atoms with E-state index in [1.807, 2.05) is 18.2 Å². The molecule has 0 aliphatic carbocycles. The van der Waals surface area contributed by atoms with Crippen LogP contribution in [0.1, 0.15) is 12.5 Å². The molecule has 0 aromatic heterocycles. The molecule has 12 heavy (non-hydrogen) atoms. The van der Waals surface area contributed by atoms with Gasteiger partial charge in [-0.1, -0.05) is 42.5 Å². The predicted octanol–water partition coefficient (Wildman–Crippen LogP) is 2.49. The van der Waals surface area contributed by atoms with E-state index in [-0.39, 0.29) is 5.60 Å². The lowest BCUT2D eigenvalue weighted by atomic mass is 10.1. The Morgan fingerprint density at radius 3 is 2.58 bits per heavy atom. The Morgan fingerprint density at radius 1 is 1.33 bits per heavy atom. The summed E-state index contributed by atoms with van der Waals surface area (Å²) in [5, 5.41) is 0. The Labute approximate surface area is 72.7 Å². The first kappa shape index (κ1) is 7.56. The zero-order chi connectivity index (χ0) is 8.44. The van der Waals surface area contributed by atoms with Crippen LogP contribution in [0.2, 0.25) is 0 Å². The zero-order valence-corrected chi connectivity index (χ0v) is 7.16. The van der Waals surface area contributed by atoms with E-state index < -0.39 is 0 Å². The largest absolute Gasteiger partial charge is 0.365 e. The molecule has 0 amide bonds. The second-order valence-electron chi connectivity index (χ2n) is 3.35. The Morgan fingerprint density at radius 2 is 2.00 bits per heavy atom. The minimum Gasteiger partial charge on any atom is -0.365 e. The highest BCUT2D eigenvalue weighted by Gasteiger charge is 2.35. The van der Waals surface area contributed by atoms with Crippen LogP contribution in [0.25, 0.3) is 6.08 Å². The van der Waals surface area contributed by atoms with Crippen molar-refractivity contribution >= 4 is 6.08 Å². The molecule has 1 saturated heterocycles. The highest BCUT2D eigenvalue weighted by Crippen LogP contribution is 2.27. The first-order chi connectivity index (χ1) is 5.79. The van der Waals surface area contributed by atoms with Crippen LogP contribution in [0.15, 0.2) is 36.4 Å². The summed E-state index contributed by atoms with van der Waals surface area (Å²) in [6.07, 6.45) is 4.22. The van der Waals surface area contributed by atoms with E-state index in [9.17, 15) is 0 Å². The van der Waals surface area contributed by atoms with Crippen LogP contribution in [-0.4, -0.2) is 12.2 Å². The van der Waals surface area contributed by atoms with Gasteiger partial charge in [0.15, 0.2) is 0 Å². The van der Waals surface area contributed by atoms with Crippen molar-refractivity contribution in [3.63, 3.8) is 0 Å². The molecule has 1 nitrogen and oxygen atoms in total. The van der Waals surface area contributed by atoms with Gasteiger partial charge in [0.25, 0.3) is 0 Å². The molecule has 0 unspecified atom stereocenters. The molecular formula is C11H12O. The van der Waals surface area contributed by atoms with Crippen molar-refractivity contribution in [3.8, 4) is 0 Å². The number of benzene rings is 1. The number of epoxide rings is 1. The van der Waals surface area contributed by atoms with Crippen LogP contribution in [0.4, 0.5) is 0 Å². The zero-order valence-electron chi connectivity index (χ0n) is 7.16. The summed E-state index contributed by atoms with van der Waals surface area (Å²) >= 11 is 0. The van der Waals surface area contributed by atoms with Crippen molar-refractivity contribution in [1.29, 1.82) is 0 Å². The molecule has 1 aliphatic rings. The predicted molar refractivity (Wildman–Crippen MR) is 49.8 cm³/mol. The van der Waals surface area contributed by atoms with Gasteiger partial charge in [-0.3, -0.25) is 0 Å². The quantitative estimate of drug-likeness (QED) is 0.605. The molecule has 1 aliphatic heterocycles. The van der Waals surface area contributed by atoms with E-state index >= 15 is 0 Å². The second kappa shape index (κ2) is 2.76. The van der Waals surface area contributed by atoms with Crippen LogP contribution in [0.3, 0.4) is 0 Å². The van der Waals surface area contributed by atoms with E-state index in [0.29, 0.717) is 0 Å². The minimum atomic E-state index is 0.0237. The SMILES string of the molecule is C[C@@]1(/C=C/c2ccccc2)CO1. The van der Waals surface area contributed by atoms with E-state index in [0.717, 1.165) is 6.61 Å². The summed E-state index contributed by atoms with van der Waals surface area (Å²) in [6.45, 7) is 2.95. The molecule has 0 N–H and O–H groups in total. The first-order valence-corrected chi connectivity index (χ1v) is 4.17. The van der Waals surface area contributed by atoms with Gasteiger partial charge in [-0.2, -0.15) is 0 Å². The summed E-state index contributed by atoms with van der Waals surface area (Å²) in [5.41, 5.74) is 1.25. The first-order valence-electron chi connectivity index (χ1n) is 4.17. The standard InChI is InChI=1S/C11H12O/c1-11(9-12-11)8-7-10-5-3-2-4-6-10/h2-8H,9H2,1H3/b8-7+/t11-/m1/s1. The number of rotatable bonds is 2. The monoisotopic (exact) mass is 160 g/mol. The molecule has 1 atom stereocenters. The summed E-state index contributed by atoms with van der Waals surface area (Å²) in [6, 6.07) is 10.3. The number of hydrogen-bond donors (Lipinski definition) is 0. The molecule has 1 heteroatoms. The molecule has 0 bridgehead atoms. The van der Waals surface area contributed by atoms with Crippen molar-refractivity contribution in [1.82, 2.24) is 0 Å². The lowest BCUT2D eigenvalue weighted by molar-refractivity contribution is 0.370. The van der Waals surface area contributed by atoms with E-state index in [1.165, 1.54) is 5.56 Å². The minimum absolute atomic E-state index is 0.0237. The van der Waals surface area contributed by atoms with Crippen molar-refractivity contribution in [2.45, 2.75) is 12.5 Å². The summed E-state index contributed by atoms with van der Waals surface area (Å²) < 4.78 is 5.23. The lowest BCUT2D eigenvalue weighted by Gasteiger charge is -1.94. The van der Waals surface area contributed by atoms with Gasteiger partial charge in [0.2, 0.25) is 0 Å². The van der Waals surface area contributed by atoms with Crippen LogP contribution >= 0.6 is 0 Å². The lowest BCUT2D eigenvalue weighted by Crippen LogP contribution is -1.96. The van der Waals surface area contributed by atoms with Gasteiger partial charge >= 0.3 is 0 Å². The van der Waals surface area contributed by atoms with Gasteiger partial charge in [-0.25, -0.2) is 0 Å². The third-order valence-electron chi connectivity index (χ3n) is 2.03. The molecule has 2 rings (SSSR count). The van der Waals surface area contributed by atoms with Crippen LogP contribution in [-0.2, 0) is 4.74 Å². The normalized spacial score (nSPS) is 27.8. The van der Waals surface area contributed by atoms with Crippen LogP contribution in [0.5, 0.6) is 0 Å². The maximum atomic E-state index is 5.23. The van der Waals surface area contributed by atoms with Gasteiger partial charge < -0.3 is 4.74 Å². The molecule has 1 aromatic rings. The Hall–Kier alpha value is -1.08. The summed E-state index contributed by atoms with van der Waals surface area (Å²) in [7, 11) is 0. The Bertz CT molecular complexity index is 283. The smallest absolute Gasteiger partial charge is 0.107 e. The Kier molecular flexibility index (Phi) is 1.74. The molecular weight excluding hydrogens is 148 g/mol. The highest BCUT2D eigenvalue weighted by molar-refractivity contribution is 5.50. The van der Waals surface area contributed by atoms with Gasteiger partial charge in [0.05, 0.1) is 6.61 Å². The fourth-order valence-corrected chi connectivity index (χ4v) is 1.05. The molecule has 0 saturated carbocycles. The summed E-state index contributed by atoms with van der Waals surface area (Å²) in [4.78, 5) is 0. The number of hydrogen-bond acceptors (Lipinski definition) is 1. The Balaban J connectivity index is 2.08. The molecule has 1 heterocycles. The third-order valence-corrected chi connectivity index (χ3v) is 2.03. The third kappa shape index (κ3) is 1.74. The molecule has 62 valence electrons. The topological polar surface area (TPSA) is 12.5 Å². The second-order valence-corrected chi connectivity index (χ2v) is 3.35. The maximum Gasteiger partial charge on any atom is 0.107 e. The van der Waals surface area contributed by atoms with Crippen molar-refractivity contribution < 1.29 is 4.74 Å². The van der Waals surface area contributed by atoms with Gasteiger partial charge in [-0.05, 0) is 12.5 Å².